The van der Waals surface area contributed by atoms with Gasteiger partial charge in [-0.3, -0.25) is 0 Å². The van der Waals surface area contributed by atoms with E-state index in [1.54, 1.807) is 0 Å². The predicted octanol–water partition coefficient (Wildman–Crippen LogP) is 5.75. The summed E-state index contributed by atoms with van der Waals surface area (Å²) >= 11 is 3.63. The Hall–Kier alpha value is -1.52. The van der Waals surface area contributed by atoms with Crippen molar-refractivity contribution in [2.75, 3.05) is 13.2 Å². The van der Waals surface area contributed by atoms with Crippen LogP contribution in [0, 0.1) is 0 Å². The predicted molar refractivity (Wildman–Crippen MR) is 112 cm³/mol. The van der Waals surface area contributed by atoms with Crippen molar-refractivity contribution in [1.82, 2.24) is 5.32 Å². The third-order valence-electron chi connectivity index (χ3n) is 4.18. The maximum atomic E-state index is 5.85. The first-order chi connectivity index (χ1) is 12.6. The van der Waals surface area contributed by atoms with Crippen molar-refractivity contribution in [2.24, 2.45) is 0 Å². The van der Waals surface area contributed by atoms with Crippen molar-refractivity contribution in [3.8, 4) is 11.5 Å². The summed E-state index contributed by atoms with van der Waals surface area (Å²) in [5.74, 6) is 1.61. The lowest BCUT2D eigenvalue weighted by Crippen LogP contribution is -2.26. The van der Waals surface area contributed by atoms with Crippen molar-refractivity contribution < 1.29 is 9.47 Å². The molecule has 2 aromatic rings. The van der Waals surface area contributed by atoms with Crippen LogP contribution in [0.4, 0.5) is 0 Å². The normalized spacial score (nSPS) is 12.0. The second-order valence-electron chi connectivity index (χ2n) is 6.49. The molecule has 2 rings (SSSR count). The summed E-state index contributed by atoms with van der Waals surface area (Å²) in [5.41, 5.74) is 2.58. The summed E-state index contributed by atoms with van der Waals surface area (Å²) in [7, 11) is 0. The Kier molecular flexibility index (Phi) is 8.99. The van der Waals surface area contributed by atoms with Crippen molar-refractivity contribution >= 4 is 15.9 Å². The molecule has 0 radical (unpaired) electrons. The van der Waals surface area contributed by atoms with E-state index in [0.717, 1.165) is 41.8 Å². The van der Waals surface area contributed by atoms with E-state index >= 15 is 0 Å². The maximum Gasteiger partial charge on any atom is 0.175 e. The molecule has 0 saturated heterocycles. The number of halogens is 1. The van der Waals surface area contributed by atoms with Gasteiger partial charge in [-0.05, 0) is 72.3 Å². The molecular weight excluding hydrogens is 390 g/mol. The minimum Gasteiger partial charge on any atom is -0.490 e. The smallest absolute Gasteiger partial charge is 0.175 e. The van der Waals surface area contributed by atoms with Crippen LogP contribution in [0.3, 0.4) is 0 Å². The first-order valence-corrected chi connectivity index (χ1v) is 10.3. The molecule has 0 spiro atoms. The zero-order valence-electron chi connectivity index (χ0n) is 16.1. The molecule has 0 aliphatic carbocycles. The second-order valence-corrected chi connectivity index (χ2v) is 7.35. The number of hydrogen-bond donors (Lipinski definition) is 1. The number of aryl methyl sites for hydroxylation is 1. The van der Waals surface area contributed by atoms with E-state index in [1.807, 2.05) is 6.92 Å². The van der Waals surface area contributed by atoms with Gasteiger partial charge in [0.05, 0.1) is 17.7 Å². The Bertz CT molecular complexity index is 661. The van der Waals surface area contributed by atoms with E-state index in [1.165, 1.54) is 11.1 Å². The molecule has 1 atom stereocenters. The van der Waals surface area contributed by atoms with Crippen LogP contribution in [-0.2, 0) is 13.0 Å². The van der Waals surface area contributed by atoms with Crippen molar-refractivity contribution in [2.45, 2.75) is 52.6 Å². The Balaban J connectivity index is 1.93. The molecule has 26 heavy (non-hydrogen) atoms. The SMILES string of the molecule is CCCOc1c(Br)cc(CN[C@@H](C)CCc2ccccc2)cc1OCC. The highest BCUT2D eigenvalue weighted by atomic mass is 79.9. The maximum absolute atomic E-state index is 5.85. The number of hydrogen-bond acceptors (Lipinski definition) is 3. The Morgan fingerprint density at radius 1 is 1.04 bits per heavy atom. The summed E-state index contributed by atoms with van der Waals surface area (Å²) in [5, 5.41) is 3.61. The molecule has 1 N–H and O–H groups in total. The molecule has 4 heteroatoms. The van der Waals surface area contributed by atoms with Gasteiger partial charge in [0.25, 0.3) is 0 Å². The van der Waals surface area contributed by atoms with Crippen LogP contribution in [0.5, 0.6) is 11.5 Å². The van der Waals surface area contributed by atoms with Crippen LogP contribution < -0.4 is 14.8 Å². The summed E-state index contributed by atoms with van der Waals surface area (Å²) in [6.07, 6.45) is 3.17. The monoisotopic (exact) mass is 419 g/mol. The first kappa shape index (κ1) is 20.8. The molecule has 2 aromatic carbocycles. The zero-order valence-corrected chi connectivity index (χ0v) is 17.6. The molecular formula is C22H30BrNO2. The largest absolute Gasteiger partial charge is 0.490 e. The average molecular weight is 420 g/mol. The highest BCUT2D eigenvalue weighted by molar-refractivity contribution is 9.10. The van der Waals surface area contributed by atoms with Crippen LogP contribution in [0.15, 0.2) is 46.9 Å². The molecule has 142 valence electrons. The van der Waals surface area contributed by atoms with E-state index in [4.69, 9.17) is 9.47 Å². The number of rotatable bonds is 11. The second kappa shape index (κ2) is 11.2. The van der Waals surface area contributed by atoms with Gasteiger partial charge in [0.2, 0.25) is 0 Å². The van der Waals surface area contributed by atoms with Gasteiger partial charge in [0.1, 0.15) is 0 Å². The van der Waals surface area contributed by atoms with Crippen LogP contribution >= 0.6 is 15.9 Å². The van der Waals surface area contributed by atoms with Gasteiger partial charge in [-0.15, -0.1) is 0 Å². The molecule has 0 bridgehead atoms. The molecule has 0 saturated carbocycles. The Morgan fingerprint density at radius 3 is 2.50 bits per heavy atom. The third kappa shape index (κ3) is 6.65. The summed E-state index contributed by atoms with van der Waals surface area (Å²) in [6.45, 7) is 8.45. The average Bonchev–Trinajstić information content (AvgIpc) is 2.65. The third-order valence-corrected chi connectivity index (χ3v) is 4.77. The molecule has 0 aromatic heterocycles. The van der Waals surface area contributed by atoms with Gasteiger partial charge < -0.3 is 14.8 Å². The van der Waals surface area contributed by atoms with Gasteiger partial charge in [0, 0.05) is 12.6 Å². The lowest BCUT2D eigenvalue weighted by Gasteiger charge is -2.17. The Labute approximate surface area is 166 Å². The minimum atomic E-state index is 0.445. The molecule has 0 unspecified atom stereocenters. The fraction of sp³-hybridized carbons (Fsp3) is 0.455. The van der Waals surface area contributed by atoms with E-state index in [2.05, 4.69) is 77.6 Å². The molecule has 3 nitrogen and oxygen atoms in total. The van der Waals surface area contributed by atoms with Crippen LogP contribution in [0.2, 0.25) is 0 Å². The van der Waals surface area contributed by atoms with Gasteiger partial charge in [-0.25, -0.2) is 0 Å². The number of benzene rings is 2. The first-order valence-electron chi connectivity index (χ1n) is 9.49. The lowest BCUT2D eigenvalue weighted by molar-refractivity contribution is 0.275. The molecule has 0 fully saturated rings. The van der Waals surface area contributed by atoms with Gasteiger partial charge in [0.15, 0.2) is 11.5 Å². The van der Waals surface area contributed by atoms with E-state index in [9.17, 15) is 0 Å². The van der Waals surface area contributed by atoms with Gasteiger partial charge in [-0.2, -0.15) is 0 Å². The number of nitrogens with one attached hydrogen (secondary N) is 1. The molecule has 0 aliphatic heterocycles. The van der Waals surface area contributed by atoms with Crippen LogP contribution in [-0.4, -0.2) is 19.3 Å². The fourth-order valence-electron chi connectivity index (χ4n) is 2.75. The number of ether oxygens (including phenoxy) is 2. The minimum absolute atomic E-state index is 0.445. The molecule has 0 amide bonds. The summed E-state index contributed by atoms with van der Waals surface area (Å²) in [6, 6.07) is 15.3. The lowest BCUT2D eigenvalue weighted by atomic mass is 10.1. The van der Waals surface area contributed by atoms with Crippen LogP contribution in [0.25, 0.3) is 0 Å². The van der Waals surface area contributed by atoms with Crippen LogP contribution in [0.1, 0.15) is 44.7 Å². The van der Waals surface area contributed by atoms with Crippen molar-refractivity contribution in [3.05, 3.63) is 58.1 Å². The summed E-state index contributed by atoms with van der Waals surface area (Å²) < 4.78 is 12.6. The van der Waals surface area contributed by atoms with E-state index in [-0.39, 0.29) is 0 Å². The van der Waals surface area contributed by atoms with Gasteiger partial charge in [-0.1, -0.05) is 37.3 Å². The van der Waals surface area contributed by atoms with Crippen molar-refractivity contribution in [1.29, 1.82) is 0 Å². The van der Waals surface area contributed by atoms with Crippen molar-refractivity contribution in [3.63, 3.8) is 0 Å². The quantitative estimate of drug-likeness (QED) is 0.502. The standard InChI is InChI=1S/C22H30BrNO2/c1-4-13-26-22-20(23)14-19(15-21(22)25-5-2)16-24-17(3)11-12-18-9-7-6-8-10-18/h6-10,14-15,17,24H,4-5,11-13,16H2,1-3H3/t17-/m0/s1. The van der Waals surface area contributed by atoms with E-state index in [0.29, 0.717) is 19.3 Å². The highest BCUT2D eigenvalue weighted by Crippen LogP contribution is 2.37. The molecule has 0 aliphatic rings. The molecule has 0 heterocycles. The van der Waals surface area contributed by atoms with Gasteiger partial charge >= 0.3 is 0 Å². The summed E-state index contributed by atoms with van der Waals surface area (Å²) in [4.78, 5) is 0. The topological polar surface area (TPSA) is 30.5 Å². The fourth-order valence-corrected chi connectivity index (χ4v) is 3.36. The van der Waals surface area contributed by atoms with E-state index < -0.39 is 0 Å². The highest BCUT2D eigenvalue weighted by Gasteiger charge is 2.13. The Morgan fingerprint density at radius 2 is 1.81 bits per heavy atom. The zero-order chi connectivity index (χ0) is 18.8.